The van der Waals surface area contributed by atoms with Crippen molar-refractivity contribution in [2.75, 3.05) is 62.3 Å². The van der Waals surface area contributed by atoms with Crippen LogP contribution in [0.2, 0.25) is 0 Å². The van der Waals surface area contributed by atoms with Gasteiger partial charge in [-0.2, -0.15) is 16.1 Å². The Bertz CT molecular complexity index is 1050. The van der Waals surface area contributed by atoms with Gasteiger partial charge in [0.2, 0.25) is 16.0 Å². The average molecular weight is 498 g/mol. The van der Waals surface area contributed by atoms with Crippen molar-refractivity contribution in [2.45, 2.75) is 4.90 Å². The molecule has 4 rings (SSSR count). The lowest BCUT2D eigenvalue weighted by molar-refractivity contribution is -0.134. The van der Waals surface area contributed by atoms with E-state index in [1.165, 1.54) is 10.4 Å². The van der Waals surface area contributed by atoms with Gasteiger partial charge in [-0.1, -0.05) is 0 Å². The zero-order chi connectivity index (χ0) is 22.6. The first kappa shape index (κ1) is 23.0. The van der Waals surface area contributed by atoms with Crippen molar-refractivity contribution in [1.82, 2.24) is 19.2 Å². The molecular weight excluding hydrogens is 474 g/mol. The molecule has 2 saturated heterocycles. The van der Waals surface area contributed by atoms with E-state index in [4.69, 9.17) is 4.74 Å². The number of thioether (sulfide) groups is 1. The van der Waals surface area contributed by atoms with Crippen molar-refractivity contribution in [2.24, 2.45) is 0 Å². The number of amides is 1. The molecule has 0 saturated carbocycles. The Morgan fingerprint density at radius 1 is 1.03 bits per heavy atom. The van der Waals surface area contributed by atoms with E-state index in [0.717, 1.165) is 22.8 Å². The zero-order valence-corrected chi connectivity index (χ0v) is 19.7. The number of anilines is 1. The maximum absolute atomic E-state index is 12.9. The summed E-state index contributed by atoms with van der Waals surface area (Å²) in [4.78, 5) is 37.1. The van der Waals surface area contributed by atoms with Gasteiger partial charge in [0.25, 0.3) is 5.91 Å². The number of sulfonamides is 1. The van der Waals surface area contributed by atoms with Crippen LogP contribution in [0, 0.1) is 0 Å². The fourth-order valence-corrected chi connectivity index (χ4v) is 7.33. The largest absolute Gasteiger partial charge is 0.451 e. The summed E-state index contributed by atoms with van der Waals surface area (Å²) in [6.07, 6.45) is 3.34. The van der Waals surface area contributed by atoms with E-state index in [-0.39, 0.29) is 15.7 Å². The van der Waals surface area contributed by atoms with Gasteiger partial charge in [-0.05, 0) is 17.5 Å². The summed E-state index contributed by atoms with van der Waals surface area (Å²) < 4.78 is 32.4. The Kier molecular flexibility index (Phi) is 7.28. The molecule has 0 radical (unpaired) electrons. The fraction of sp³-hybridized carbons (Fsp3) is 0.474. The highest BCUT2D eigenvalue weighted by Crippen LogP contribution is 2.27. The molecule has 13 heteroatoms. The lowest BCUT2D eigenvalue weighted by atomic mass is 10.3. The van der Waals surface area contributed by atoms with Crippen LogP contribution in [0.25, 0.3) is 0 Å². The Hall–Kier alpha value is -2.22. The highest BCUT2D eigenvalue weighted by atomic mass is 32.2. The third kappa shape index (κ3) is 5.05. The smallest absolute Gasteiger partial charge is 0.350 e. The molecule has 2 aromatic heterocycles. The van der Waals surface area contributed by atoms with Crippen molar-refractivity contribution in [1.29, 1.82) is 0 Å². The number of carbonyl (C=O) groups excluding carboxylic acids is 2. The minimum atomic E-state index is -3.77. The topological polar surface area (TPSA) is 113 Å². The molecule has 0 aromatic carbocycles. The first-order chi connectivity index (χ1) is 15.5. The summed E-state index contributed by atoms with van der Waals surface area (Å²) in [5.74, 6) is 0.947. The normalized spacial score (nSPS) is 17.9. The average Bonchev–Trinajstić information content (AvgIpc) is 3.35. The van der Waals surface area contributed by atoms with Crippen LogP contribution in [0.5, 0.6) is 0 Å². The molecule has 0 spiro atoms. The van der Waals surface area contributed by atoms with E-state index in [0.29, 0.717) is 45.2 Å². The van der Waals surface area contributed by atoms with E-state index in [1.54, 1.807) is 40.5 Å². The molecule has 0 N–H and O–H groups in total. The third-order valence-corrected chi connectivity index (χ3v) is 9.10. The first-order valence-electron chi connectivity index (χ1n) is 10.1. The summed E-state index contributed by atoms with van der Waals surface area (Å²) in [6.45, 7) is 2.46. The number of nitrogens with zero attached hydrogens (tertiary/aromatic N) is 5. The van der Waals surface area contributed by atoms with Crippen molar-refractivity contribution in [3.05, 3.63) is 34.8 Å². The molecule has 0 atom stereocenters. The monoisotopic (exact) mass is 497 g/mol. The number of piperazine rings is 1. The van der Waals surface area contributed by atoms with Crippen LogP contribution in [0.1, 0.15) is 9.67 Å². The highest BCUT2D eigenvalue weighted by Gasteiger charge is 2.32. The van der Waals surface area contributed by atoms with Gasteiger partial charge in [0.1, 0.15) is 9.77 Å². The molecule has 2 aliphatic rings. The zero-order valence-electron chi connectivity index (χ0n) is 17.3. The summed E-state index contributed by atoms with van der Waals surface area (Å²) in [7, 11) is -3.77. The van der Waals surface area contributed by atoms with Gasteiger partial charge in [0.15, 0.2) is 6.61 Å². The number of aromatic nitrogens is 2. The fourth-order valence-electron chi connectivity index (χ4n) is 3.47. The van der Waals surface area contributed by atoms with Crippen LogP contribution >= 0.6 is 23.1 Å². The van der Waals surface area contributed by atoms with E-state index < -0.39 is 22.6 Å². The van der Waals surface area contributed by atoms with Gasteiger partial charge in [-0.25, -0.2) is 23.2 Å². The van der Waals surface area contributed by atoms with Gasteiger partial charge in [0, 0.05) is 63.2 Å². The summed E-state index contributed by atoms with van der Waals surface area (Å²) >= 11 is 2.70. The molecule has 172 valence electrons. The third-order valence-electron chi connectivity index (χ3n) is 5.20. The quantitative estimate of drug-likeness (QED) is 0.534. The van der Waals surface area contributed by atoms with Crippen LogP contribution < -0.4 is 4.90 Å². The second-order valence-corrected chi connectivity index (χ2v) is 11.2. The van der Waals surface area contributed by atoms with Gasteiger partial charge in [-0.3, -0.25) is 4.79 Å². The van der Waals surface area contributed by atoms with Gasteiger partial charge in [-0.15, -0.1) is 11.3 Å². The van der Waals surface area contributed by atoms with Crippen LogP contribution in [-0.4, -0.2) is 96.8 Å². The number of carbonyl (C=O) groups is 2. The second-order valence-electron chi connectivity index (χ2n) is 7.12. The molecule has 2 aromatic rings. The van der Waals surface area contributed by atoms with E-state index in [1.807, 2.05) is 4.90 Å². The van der Waals surface area contributed by atoms with Crippen molar-refractivity contribution in [3.63, 3.8) is 0 Å². The number of thiophene rings is 1. The Labute approximate surface area is 194 Å². The van der Waals surface area contributed by atoms with Gasteiger partial charge < -0.3 is 14.5 Å². The van der Waals surface area contributed by atoms with E-state index in [9.17, 15) is 18.0 Å². The molecule has 10 nitrogen and oxygen atoms in total. The Morgan fingerprint density at radius 3 is 2.41 bits per heavy atom. The molecule has 1 amide bonds. The van der Waals surface area contributed by atoms with Crippen molar-refractivity contribution in [3.8, 4) is 0 Å². The molecule has 2 aliphatic heterocycles. The second kappa shape index (κ2) is 10.1. The van der Waals surface area contributed by atoms with Crippen LogP contribution in [0.3, 0.4) is 0 Å². The predicted molar refractivity (Wildman–Crippen MR) is 122 cm³/mol. The predicted octanol–water partition coefficient (Wildman–Crippen LogP) is 0.781. The summed E-state index contributed by atoms with van der Waals surface area (Å²) in [5, 5.41) is 1.55. The summed E-state index contributed by atoms with van der Waals surface area (Å²) in [5.41, 5.74) is 0. The minimum absolute atomic E-state index is 0.00192. The Morgan fingerprint density at radius 2 is 1.72 bits per heavy atom. The van der Waals surface area contributed by atoms with Gasteiger partial charge in [0.05, 0.1) is 0 Å². The first-order valence-corrected chi connectivity index (χ1v) is 13.6. The highest BCUT2D eigenvalue weighted by molar-refractivity contribution is 7.99. The van der Waals surface area contributed by atoms with Crippen LogP contribution in [-0.2, 0) is 19.6 Å². The molecule has 2 fully saturated rings. The lowest BCUT2D eigenvalue weighted by Gasteiger charge is -2.34. The molecule has 0 bridgehead atoms. The lowest BCUT2D eigenvalue weighted by Crippen LogP contribution is -2.50. The van der Waals surface area contributed by atoms with Gasteiger partial charge >= 0.3 is 5.97 Å². The molecule has 4 heterocycles. The standard InChI is InChI=1S/C19H23N5O5S3/c25-16(22-5-7-23(8-6-22)19-20-3-1-4-21-19)14-29-18(26)17-15(2-11-31-17)32(27,28)24-9-12-30-13-10-24/h1-4,11H,5-10,12-14H2. The van der Waals surface area contributed by atoms with Crippen LogP contribution in [0.4, 0.5) is 5.95 Å². The maximum Gasteiger partial charge on any atom is 0.350 e. The molecule has 0 aliphatic carbocycles. The minimum Gasteiger partial charge on any atom is -0.451 e. The molecule has 0 unspecified atom stereocenters. The number of hydrogen-bond acceptors (Lipinski definition) is 10. The number of rotatable bonds is 6. The van der Waals surface area contributed by atoms with Crippen molar-refractivity contribution >= 4 is 50.9 Å². The number of ether oxygens (including phenoxy) is 1. The van der Waals surface area contributed by atoms with Crippen LogP contribution in [0.15, 0.2) is 34.8 Å². The van der Waals surface area contributed by atoms with E-state index in [2.05, 4.69) is 9.97 Å². The molecular formula is C19H23N5O5S3. The number of hydrogen-bond donors (Lipinski definition) is 0. The van der Waals surface area contributed by atoms with E-state index >= 15 is 0 Å². The molecule has 32 heavy (non-hydrogen) atoms. The summed E-state index contributed by atoms with van der Waals surface area (Å²) in [6, 6.07) is 3.17. The SMILES string of the molecule is O=C(OCC(=O)N1CCN(c2ncccn2)CC1)c1sccc1S(=O)(=O)N1CCSCC1. The van der Waals surface area contributed by atoms with Crippen molar-refractivity contribution < 1.29 is 22.7 Å². The maximum atomic E-state index is 12.9. The number of esters is 1. The Balaban J connectivity index is 1.32.